The van der Waals surface area contributed by atoms with Crippen molar-refractivity contribution in [1.82, 2.24) is 15.2 Å². The second-order valence-corrected chi connectivity index (χ2v) is 5.40. The third-order valence-corrected chi connectivity index (χ3v) is 3.88. The van der Waals surface area contributed by atoms with E-state index in [1.54, 1.807) is 29.3 Å². The maximum absolute atomic E-state index is 8.87. The van der Waals surface area contributed by atoms with Crippen molar-refractivity contribution in [2.45, 2.75) is 17.0 Å². The van der Waals surface area contributed by atoms with Gasteiger partial charge in [0.2, 0.25) is 0 Å². The fourth-order valence-electron chi connectivity index (χ4n) is 1.13. The summed E-state index contributed by atoms with van der Waals surface area (Å²) in [5.74, 6) is 0.700. The molecule has 0 aliphatic rings. The van der Waals surface area contributed by atoms with E-state index in [1.807, 2.05) is 19.1 Å². The third kappa shape index (κ3) is 2.56. The van der Waals surface area contributed by atoms with Crippen molar-refractivity contribution in [2.24, 2.45) is 0 Å². The number of nitrogens with zero attached hydrogens (tertiary/aromatic N) is 4. The molecule has 0 unspecified atom stereocenters. The van der Waals surface area contributed by atoms with Gasteiger partial charge in [-0.3, -0.25) is 0 Å². The zero-order chi connectivity index (χ0) is 11.4. The van der Waals surface area contributed by atoms with Crippen LogP contribution in [0.4, 0.5) is 0 Å². The molecule has 0 aliphatic heterocycles. The van der Waals surface area contributed by atoms with Crippen molar-refractivity contribution >= 4 is 23.1 Å². The summed E-state index contributed by atoms with van der Waals surface area (Å²) in [6, 6.07) is 5.82. The van der Waals surface area contributed by atoms with E-state index in [4.69, 9.17) is 5.26 Å². The zero-order valence-corrected chi connectivity index (χ0v) is 10.2. The molecule has 2 heterocycles. The average Bonchev–Trinajstić information content (AvgIpc) is 2.73. The molecular formula is C10H8N4S2. The summed E-state index contributed by atoms with van der Waals surface area (Å²) >= 11 is 3.14. The van der Waals surface area contributed by atoms with Gasteiger partial charge in [-0.05, 0) is 18.6 Å². The minimum Gasteiger partial charge on any atom is -0.245 e. The first kappa shape index (κ1) is 11.0. The molecule has 0 N–H and O–H groups in total. The molecule has 2 aromatic heterocycles. The van der Waals surface area contributed by atoms with Crippen LogP contribution in [0.25, 0.3) is 0 Å². The highest BCUT2D eigenvalue weighted by Gasteiger charge is 2.05. The fourth-order valence-corrected chi connectivity index (χ4v) is 2.93. The van der Waals surface area contributed by atoms with Crippen LogP contribution in [-0.2, 0) is 5.75 Å². The van der Waals surface area contributed by atoms with E-state index >= 15 is 0 Å². The minimum atomic E-state index is 0.483. The molecule has 0 radical (unpaired) electrons. The molecule has 80 valence electrons. The van der Waals surface area contributed by atoms with Gasteiger partial charge in [0.1, 0.15) is 16.8 Å². The van der Waals surface area contributed by atoms with Gasteiger partial charge in [-0.15, -0.1) is 10.2 Å². The number of aromatic nitrogens is 3. The number of aryl methyl sites for hydroxylation is 1. The van der Waals surface area contributed by atoms with E-state index in [9.17, 15) is 0 Å². The second-order valence-electron chi connectivity index (χ2n) is 3.00. The van der Waals surface area contributed by atoms with Gasteiger partial charge >= 0.3 is 0 Å². The molecule has 2 aromatic rings. The molecule has 0 saturated carbocycles. The lowest BCUT2D eigenvalue weighted by molar-refractivity contribution is 0.983. The van der Waals surface area contributed by atoms with Crippen LogP contribution in [0.3, 0.4) is 0 Å². The van der Waals surface area contributed by atoms with Crippen LogP contribution in [0, 0.1) is 18.3 Å². The summed E-state index contributed by atoms with van der Waals surface area (Å²) in [4.78, 5) is 4.01. The van der Waals surface area contributed by atoms with Gasteiger partial charge in [-0.25, -0.2) is 4.98 Å². The van der Waals surface area contributed by atoms with E-state index < -0.39 is 0 Å². The molecule has 0 amide bonds. The number of rotatable bonds is 3. The van der Waals surface area contributed by atoms with Crippen molar-refractivity contribution in [3.05, 3.63) is 34.6 Å². The number of pyridine rings is 1. The van der Waals surface area contributed by atoms with Crippen LogP contribution in [0.2, 0.25) is 0 Å². The van der Waals surface area contributed by atoms with E-state index in [1.165, 1.54) is 0 Å². The Bertz CT molecular complexity index is 530. The van der Waals surface area contributed by atoms with Crippen LogP contribution in [0.1, 0.15) is 16.3 Å². The quantitative estimate of drug-likeness (QED) is 0.780. The van der Waals surface area contributed by atoms with Crippen LogP contribution in [0.15, 0.2) is 22.7 Å². The summed E-state index contributed by atoms with van der Waals surface area (Å²) in [6.45, 7) is 1.92. The molecule has 0 spiro atoms. The Morgan fingerprint density at radius 2 is 2.38 bits per heavy atom. The first-order valence-corrected chi connectivity index (χ1v) is 6.36. The van der Waals surface area contributed by atoms with Crippen molar-refractivity contribution in [2.75, 3.05) is 0 Å². The summed E-state index contributed by atoms with van der Waals surface area (Å²) in [6.07, 6.45) is 1.63. The highest BCUT2D eigenvalue weighted by Crippen LogP contribution is 2.26. The number of hydrogen-bond acceptors (Lipinski definition) is 6. The van der Waals surface area contributed by atoms with Gasteiger partial charge in [0, 0.05) is 11.9 Å². The highest BCUT2D eigenvalue weighted by atomic mass is 32.2. The maximum Gasteiger partial charge on any atom is 0.174 e. The third-order valence-electron chi connectivity index (χ3n) is 1.86. The SMILES string of the molecule is Cc1nnc(SCc2cccnc2C#N)s1. The fraction of sp³-hybridized carbons (Fsp3) is 0.200. The molecule has 0 fully saturated rings. The molecule has 0 saturated heterocycles. The smallest absolute Gasteiger partial charge is 0.174 e. The largest absolute Gasteiger partial charge is 0.245 e. The Hall–Kier alpha value is -1.45. The lowest BCUT2D eigenvalue weighted by atomic mass is 10.2. The van der Waals surface area contributed by atoms with Crippen molar-refractivity contribution < 1.29 is 0 Å². The van der Waals surface area contributed by atoms with Crippen LogP contribution in [0.5, 0.6) is 0 Å². The van der Waals surface area contributed by atoms with Crippen LogP contribution >= 0.6 is 23.1 Å². The topological polar surface area (TPSA) is 62.5 Å². The molecule has 16 heavy (non-hydrogen) atoms. The van der Waals surface area contributed by atoms with Gasteiger partial charge in [-0.1, -0.05) is 29.2 Å². The lowest BCUT2D eigenvalue weighted by Crippen LogP contribution is -1.90. The number of thioether (sulfide) groups is 1. The Labute approximate surface area is 101 Å². The van der Waals surface area contributed by atoms with E-state index in [0.29, 0.717) is 11.4 Å². The van der Waals surface area contributed by atoms with E-state index in [2.05, 4.69) is 21.3 Å². The molecule has 2 rings (SSSR count). The number of hydrogen-bond donors (Lipinski definition) is 0. The summed E-state index contributed by atoms with van der Waals surface area (Å²) in [7, 11) is 0. The van der Waals surface area contributed by atoms with Gasteiger partial charge < -0.3 is 0 Å². The average molecular weight is 248 g/mol. The van der Waals surface area contributed by atoms with Crippen LogP contribution < -0.4 is 0 Å². The lowest BCUT2D eigenvalue weighted by Gasteiger charge is -1.99. The van der Waals surface area contributed by atoms with Crippen molar-refractivity contribution in [3.8, 4) is 6.07 Å². The Morgan fingerprint density at radius 1 is 1.50 bits per heavy atom. The normalized spacial score (nSPS) is 10.0. The molecule has 0 aromatic carbocycles. The Morgan fingerprint density at radius 3 is 3.06 bits per heavy atom. The zero-order valence-electron chi connectivity index (χ0n) is 8.54. The van der Waals surface area contributed by atoms with E-state index in [0.717, 1.165) is 14.9 Å². The standard InChI is InChI=1S/C10H8N4S2/c1-7-13-14-10(16-7)15-6-8-3-2-4-12-9(8)5-11/h2-4H,6H2,1H3. The van der Waals surface area contributed by atoms with Crippen LogP contribution in [-0.4, -0.2) is 15.2 Å². The van der Waals surface area contributed by atoms with Gasteiger partial charge in [0.15, 0.2) is 4.34 Å². The first-order chi connectivity index (χ1) is 7.79. The van der Waals surface area contributed by atoms with E-state index in [-0.39, 0.29) is 0 Å². The molecule has 4 nitrogen and oxygen atoms in total. The predicted molar refractivity (Wildman–Crippen MR) is 63.2 cm³/mol. The summed E-state index contributed by atoms with van der Waals surface area (Å²) < 4.78 is 0.922. The monoisotopic (exact) mass is 248 g/mol. The van der Waals surface area contributed by atoms with Gasteiger partial charge in [0.25, 0.3) is 0 Å². The molecule has 6 heteroatoms. The predicted octanol–water partition coefficient (Wildman–Crippen LogP) is 2.41. The highest BCUT2D eigenvalue weighted by molar-refractivity contribution is 8.00. The minimum absolute atomic E-state index is 0.483. The van der Waals surface area contributed by atoms with Gasteiger partial charge in [0.05, 0.1) is 0 Å². The van der Waals surface area contributed by atoms with Crippen molar-refractivity contribution in [3.63, 3.8) is 0 Å². The maximum atomic E-state index is 8.87. The Balaban J connectivity index is 2.08. The molecule has 0 aliphatic carbocycles. The van der Waals surface area contributed by atoms with Crippen molar-refractivity contribution in [1.29, 1.82) is 5.26 Å². The number of nitriles is 1. The van der Waals surface area contributed by atoms with Gasteiger partial charge in [-0.2, -0.15) is 5.26 Å². The summed E-state index contributed by atoms with van der Waals surface area (Å²) in [5, 5.41) is 17.8. The molecular weight excluding hydrogens is 240 g/mol. The molecule has 0 bridgehead atoms. The summed E-state index contributed by atoms with van der Waals surface area (Å²) in [5.41, 5.74) is 1.42. The first-order valence-electron chi connectivity index (χ1n) is 4.56. The molecule has 0 atom stereocenters. The second kappa shape index (κ2) is 5.05. The Kier molecular flexibility index (Phi) is 3.49.